The number of carbonyl (C=O) groups is 2. The number of fused-ring (bicyclic) bond motifs is 1. The van der Waals surface area contributed by atoms with E-state index in [9.17, 15) is 14.0 Å². The molecule has 11 nitrogen and oxygen atoms in total. The lowest BCUT2D eigenvalue weighted by atomic mass is 10.0. The van der Waals surface area contributed by atoms with Gasteiger partial charge in [0.2, 0.25) is 0 Å². The first-order valence-electron chi connectivity index (χ1n) is 19.6. The zero-order valence-electron chi connectivity index (χ0n) is 31.8. The van der Waals surface area contributed by atoms with Gasteiger partial charge >= 0.3 is 0 Å². The Bertz CT molecular complexity index is 2120. The second-order valence-electron chi connectivity index (χ2n) is 14.4. The van der Waals surface area contributed by atoms with Crippen LogP contribution in [-0.2, 0) is 37.3 Å². The quantitative estimate of drug-likeness (QED) is 0.115. The Morgan fingerprint density at radius 3 is 2.44 bits per heavy atom. The summed E-state index contributed by atoms with van der Waals surface area (Å²) in [4.78, 5) is 34.4. The molecular formula is C43H51FN8O3. The van der Waals surface area contributed by atoms with E-state index in [1.54, 1.807) is 24.3 Å². The maximum Gasteiger partial charge on any atom is 0.251 e. The highest BCUT2D eigenvalue weighted by molar-refractivity contribution is 6.00. The molecule has 12 heteroatoms. The number of benzene rings is 3. The van der Waals surface area contributed by atoms with Crippen LogP contribution >= 0.6 is 0 Å². The van der Waals surface area contributed by atoms with Gasteiger partial charge in [0, 0.05) is 80.9 Å². The summed E-state index contributed by atoms with van der Waals surface area (Å²) in [7, 11) is 0. The van der Waals surface area contributed by atoms with Crippen molar-refractivity contribution >= 4 is 28.5 Å². The van der Waals surface area contributed by atoms with Gasteiger partial charge in [0.05, 0.1) is 17.3 Å². The van der Waals surface area contributed by atoms with Gasteiger partial charge in [0.25, 0.3) is 11.8 Å². The van der Waals surface area contributed by atoms with Gasteiger partial charge in [-0.3, -0.25) is 14.5 Å². The highest BCUT2D eigenvalue weighted by Crippen LogP contribution is 2.31. The van der Waals surface area contributed by atoms with Crippen LogP contribution in [0.4, 0.5) is 10.1 Å². The molecule has 2 aliphatic heterocycles. The molecule has 2 aliphatic rings. The van der Waals surface area contributed by atoms with Gasteiger partial charge < -0.3 is 26.0 Å². The van der Waals surface area contributed by atoms with Crippen LogP contribution in [0.25, 0.3) is 22.2 Å². The zero-order chi connectivity index (χ0) is 38.1. The Kier molecular flexibility index (Phi) is 12.5. The SMILES string of the molecule is CCc1nc2c(cnn2CC)c(NC2CCOCC2)c1CNC(=O)c1cccc(C(=O)NCc2cc(F)cc(-c3cccc(CN4CCCNCC4)c3)c2)c1. The molecule has 0 bridgehead atoms. The Morgan fingerprint density at radius 2 is 1.65 bits per heavy atom. The summed E-state index contributed by atoms with van der Waals surface area (Å²) in [6, 6.07) is 20.0. The molecule has 2 fully saturated rings. The highest BCUT2D eigenvalue weighted by atomic mass is 19.1. The lowest BCUT2D eigenvalue weighted by Gasteiger charge is -2.26. The van der Waals surface area contributed by atoms with Crippen molar-refractivity contribution in [2.45, 2.75) is 71.8 Å². The van der Waals surface area contributed by atoms with Gasteiger partial charge in [-0.1, -0.05) is 31.2 Å². The molecule has 5 aromatic rings. The number of halogens is 1. The number of aryl methyl sites for hydroxylation is 2. The van der Waals surface area contributed by atoms with E-state index in [1.807, 2.05) is 36.0 Å². The molecular weight excluding hydrogens is 696 g/mol. The van der Waals surface area contributed by atoms with Crippen molar-refractivity contribution in [2.75, 3.05) is 44.7 Å². The molecule has 0 radical (unpaired) electrons. The third-order valence-corrected chi connectivity index (χ3v) is 10.5. The van der Waals surface area contributed by atoms with Crippen LogP contribution in [0.3, 0.4) is 0 Å². The number of carbonyl (C=O) groups excluding carboxylic acids is 2. The molecule has 3 aromatic carbocycles. The molecule has 4 N–H and O–H groups in total. The van der Waals surface area contributed by atoms with E-state index in [4.69, 9.17) is 9.72 Å². The average Bonchev–Trinajstić information content (AvgIpc) is 3.46. The summed E-state index contributed by atoms with van der Waals surface area (Å²) >= 11 is 0. The molecule has 0 atom stereocenters. The minimum atomic E-state index is -0.365. The van der Waals surface area contributed by atoms with Crippen LogP contribution in [0.1, 0.15) is 76.2 Å². The lowest BCUT2D eigenvalue weighted by Crippen LogP contribution is -2.30. The number of nitrogens with one attached hydrogen (secondary N) is 4. The van der Waals surface area contributed by atoms with Crippen molar-refractivity contribution in [2.24, 2.45) is 0 Å². The molecule has 4 heterocycles. The largest absolute Gasteiger partial charge is 0.381 e. The summed E-state index contributed by atoms with van der Waals surface area (Å²) in [5.74, 6) is -1.02. The normalized spacial score (nSPS) is 15.5. The first-order valence-corrected chi connectivity index (χ1v) is 19.6. The van der Waals surface area contributed by atoms with E-state index in [0.717, 1.165) is 91.1 Å². The van der Waals surface area contributed by atoms with Crippen LogP contribution in [0.15, 0.2) is 72.9 Å². The molecule has 55 heavy (non-hydrogen) atoms. The number of hydrogen-bond acceptors (Lipinski definition) is 8. The monoisotopic (exact) mass is 746 g/mol. The number of pyridine rings is 1. The topological polar surface area (TPSA) is 125 Å². The van der Waals surface area contributed by atoms with Gasteiger partial charge in [-0.05, 0) is 110 Å². The van der Waals surface area contributed by atoms with Crippen molar-refractivity contribution in [1.82, 2.24) is 35.6 Å². The first kappa shape index (κ1) is 38.1. The number of anilines is 1. The molecule has 2 amide bonds. The van der Waals surface area contributed by atoms with E-state index in [0.29, 0.717) is 42.9 Å². The third-order valence-electron chi connectivity index (χ3n) is 10.5. The maximum atomic E-state index is 14.9. The van der Waals surface area contributed by atoms with Crippen molar-refractivity contribution in [3.8, 4) is 11.1 Å². The standard InChI is InChI=1S/C43H51FN8O3/c1-3-39-37(40(49-36-12-18-55-19-13-36)38-27-48-52(4-2)41(38)50-39)26-47-43(54)33-11-6-10-32(23-33)42(53)46-25-30-21-34(24-35(44)22-30)31-9-5-8-29(20-31)28-51-16-7-14-45-15-17-51/h5-6,8-11,20-24,27,36,45H,3-4,7,12-19,25-26,28H2,1-2H3,(H,46,53)(H,47,54)(H,49,50). The summed E-state index contributed by atoms with van der Waals surface area (Å²) < 4.78 is 22.4. The molecule has 0 spiro atoms. The van der Waals surface area contributed by atoms with Gasteiger partial charge in [-0.15, -0.1) is 0 Å². The Morgan fingerprint density at radius 1 is 0.891 bits per heavy atom. The number of ether oxygens (including phenoxy) is 1. The van der Waals surface area contributed by atoms with Crippen LogP contribution in [0, 0.1) is 5.82 Å². The smallest absolute Gasteiger partial charge is 0.251 e. The summed E-state index contributed by atoms with van der Waals surface area (Å²) in [5.41, 5.74) is 7.81. The number of rotatable bonds is 13. The fourth-order valence-corrected chi connectivity index (χ4v) is 7.54. The summed E-state index contributed by atoms with van der Waals surface area (Å²) in [6.07, 6.45) is 5.43. The fourth-order valence-electron chi connectivity index (χ4n) is 7.54. The Balaban J connectivity index is 1.02. The van der Waals surface area contributed by atoms with Gasteiger partial charge in [0.1, 0.15) is 5.82 Å². The fraction of sp³-hybridized carbons (Fsp3) is 0.395. The zero-order valence-corrected chi connectivity index (χ0v) is 31.8. The van der Waals surface area contributed by atoms with E-state index < -0.39 is 0 Å². The molecule has 288 valence electrons. The highest BCUT2D eigenvalue weighted by Gasteiger charge is 2.22. The Labute approximate surface area is 322 Å². The molecule has 0 unspecified atom stereocenters. The number of amides is 2. The molecule has 7 rings (SSSR count). The second kappa shape index (κ2) is 18.0. The number of nitrogens with zero attached hydrogens (tertiary/aromatic N) is 4. The molecule has 2 aromatic heterocycles. The minimum Gasteiger partial charge on any atom is -0.381 e. The van der Waals surface area contributed by atoms with E-state index in [2.05, 4.69) is 50.3 Å². The van der Waals surface area contributed by atoms with Crippen molar-refractivity contribution in [3.05, 3.63) is 112 Å². The molecule has 2 saturated heterocycles. The van der Waals surface area contributed by atoms with Crippen LogP contribution < -0.4 is 21.3 Å². The third kappa shape index (κ3) is 9.38. The lowest BCUT2D eigenvalue weighted by molar-refractivity contribution is 0.0904. The predicted molar refractivity (Wildman–Crippen MR) is 213 cm³/mol. The van der Waals surface area contributed by atoms with Gasteiger partial charge in [-0.25, -0.2) is 14.1 Å². The van der Waals surface area contributed by atoms with Crippen LogP contribution in [-0.4, -0.2) is 76.9 Å². The second-order valence-corrected chi connectivity index (χ2v) is 14.4. The summed E-state index contributed by atoms with van der Waals surface area (Å²) in [5, 5.41) is 18.7. The van der Waals surface area contributed by atoms with Gasteiger partial charge in [0.15, 0.2) is 5.65 Å². The number of hydrogen-bond donors (Lipinski definition) is 4. The van der Waals surface area contributed by atoms with Gasteiger partial charge in [-0.2, -0.15) is 5.10 Å². The summed E-state index contributed by atoms with van der Waals surface area (Å²) in [6.45, 7) is 11.5. The van der Waals surface area contributed by atoms with Crippen molar-refractivity contribution < 1.29 is 18.7 Å². The molecule has 0 saturated carbocycles. The van der Waals surface area contributed by atoms with Crippen LogP contribution in [0.5, 0.6) is 0 Å². The van der Waals surface area contributed by atoms with Crippen molar-refractivity contribution in [3.63, 3.8) is 0 Å². The minimum absolute atomic E-state index is 0.132. The van der Waals surface area contributed by atoms with E-state index in [1.165, 1.54) is 17.7 Å². The predicted octanol–water partition coefficient (Wildman–Crippen LogP) is 6.07. The van der Waals surface area contributed by atoms with E-state index >= 15 is 0 Å². The first-order chi connectivity index (χ1) is 26.9. The average molecular weight is 747 g/mol. The van der Waals surface area contributed by atoms with Crippen molar-refractivity contribution in [1.29, 1.82) is 0 Å². The van der Waals surface area contributed by atoms with Crippen LogP contribution in [0.2, 0.25) is 0 Å². The Hall–Kier alpha value is -5.17. The number of aromatic nitrogens is 3. The maximum absolute atomic E-state index is 14.9. The molecule has 0 aliphatic carbocycles. The van der Waals surface area contributed by atoms with E-state index in [-0.39, 0.29) is 36.8 Å².